The van der Waals surface area contributed by atoms with E-state index in [0.29, 0.717) is 10.8 Å². The van der Waals surface area contributed by atoms with E-state index in [4.69, 9.17) is 0 Å². The van der Waals surface area contributed by atoms with Crippen LogP contribution in [0, 0.1) is 10.8 Å². The van der Waals surface area contributed by atoms with E-state index < -0.39 is 0 Å². The molecule has 2 unspecified atom stereocenters. The summed E-state index contributed by atoms with van der Waals surface area (Å²) < 4.78 is 0. The fourth-order valence-corrected chi connectivity index (χ4v) is 2.20. The van der Waals surface area contributed by atoms with Gasteiger partial charge in [-0.2, -0.15) is 0 Å². The lowest BCUT2D eigenvalue weighted by Gasteiger charge is -2.23. The summed E-state index contributed by atoms with van der Waals surface area (Å²) in [7, 11) is 0. The van der Waals surface area contributed by atoms with Crippen molar-refractivity contribution in [1.82, 2.24) is 10.6 Å². The molecule has 1 saturated carbocycles. The van der Waals surface area contributed by atoms with Crippen molar-refractivity contribution in [3.63, 3.8) is 0 Å². The normalized spacial score (nSPS) is 42.2. The third-order valence-electron chi connectivity index (χ3n) is 3.75. The van der Waals surface area contributed by atoms with Gasteiger partial charge >= 0.3 is 0 Å². The Morgan fingerprint density at radius 1 is 1.38 bits per heavy atom. The fraction of sp³-hybridized carbons (Fsp3) is 1.00. The van der Waals surface area contributed by atoms with Gasteiger partial charge in [-0.25, -0.2) is 0 Å². The second-order valence-electron chi connectivity index (χ2n) is 5.86. The largest absolute Gasteiger partial charge is 0.316 e. The summed E-state index contributed by atoms with van der Waals surface area (Å²) in [5.41, 5.74) is 1.08. The smallest absolute Gasteiger partial charge is 0.0125 e. The van der Waals surface area contributed by atoms with Crippen LogP contribution >= 0.6 is 0 Å². The van der Waals surface area contributed by atoms with E-state index in [-0.39, 0.29) is 0 Å². The van der Waals surface area contributed by atoms with Crippen LogP contribution in [-0.4, -0.2) is 25.7 Å². The molecule has 0 spiro atoms. The molecule has 1 saturated heterocycles. The quantitative estimate of drug-likeness (QED) is 0.689. The number of nitrogens with one attached hydrogen (secondary N) is 2. The van der Waals surface area contributed by atoms with Gasteiger partial charge in [0.1, 0.15) is 0 Å². The Balaban J connectivity index is 1.74. The lowest BCUT2D eigenvalue weighted by atomic mass is 9.90. The molecule has 0 radical (unpaired) electrons. The van der Waals surface area contributed by atoms with E-state index in [1.54, 1.807) is 0 Å². The molecule has 76 valence electrons. The van der Waals surface area contributed by atoms with Crippen molar-refractivity contribution in [3.8, 4) is 0 Å². The molecular weight excluding hydrogens is 160 g/mol. The van der Waals surface area contributed by atoms with Crippen LogP contribution in [0.15, 0.2) is 0 Å². The second kappa shape index (κ2) is 2.96. The van der Waals surface area contributed by atoms with E-state index in [9.17, 15) is 0 Å². The van der Waals surface area contributed by atoms with Gasteiger partial charge in [-0.3, -0.25) is 0 Å². The molecule has 2 rings (SSSR count). The highest BCUT2D eigenvalue weighted by Gasteiger charge is 2.46. The molecule has 2 heteroatoms. The third kappa shape index (κ3) is 2.05. The summed E-state index contributed by atoms with van der Waals surface area (Å²) in [6, 6.07) is 0.782. The Hall–Kier alpha value is -0.0800. The van der Waals surface area contributed by atoms with Crippen molar-refractivity contribution in [2.75, 3.05) is 19.6 Å². The van der Waals surface area contributed by atoms with Crippen LogP contribution in [0.25, 0.3) is 0 Å². The molecule has 2 atom stereocenters. The van der Waals surface area contributed by atoms with E-state index in [1.807, 2.05) is 0 Å². The molecule has 2 N–H and O–H groups in total. The highest BCUT2D eigenvalue weighted by Crippen LogP contribution is 2.45. The fourth-order valence-electron chi connectivity index (χ4n) is 2.20. The molecule has 0 aromatic rings. The van der Waals surface area contributed by atoms with Gasteiger partial charge < -0.3 is 10.6 Å². The van der Waals surface area contributed by atoms with E-state index >= 15 is 0 Å². The van der Waals surface area contributed by atoms with Gasteiger partial charge in [0.25, 0.3) is 0 Å². The average molecular weight is 182 g/mol. The number of hydrogen-bond donors (Lipinski definition) is 2. The van der Waals surface area contributed by atoms with Gasteiger partial charge in [0, 0.05) is 19.1 Å². The molecular formula is C11H22N2. The Morgan fingerprint density at radius 3 is 2.54 bits per heavy atom. The number of hydrogen-bond acceptors (Lipinski definition) is 2. The first-order chi connectivity index (χ1) is 6.02. The molecule has 2 nitrogen and oxygen atoms in total. The second-order valence-corrected chi connectivity index (χ2v) is 5.86. The van der Waals surface area contributed by atoms with E-state index in [2.05, 4.69) is 31.4 Å². The van der Waals surface area contributed by atoms with Crippen LogP contribution in [-0.2, 0) is 0 Å². The zero-order valence-electron chi connectivity index (χ0n) is 9.11. The Kier molecular flexibility index (Phi) is 2.16. The zero-order chi connectivity index (χ0) is 9.53. The lowest BCUT2D eigenvalue weighted by Crippen LogP contribution is -2.35. The summed E-state index contributed by atoms with van der Waals surface area (Å²) in [6.45, 7) is 10.7. The summed E-state index contributed by atoms with van der Waals surface area (Å²) in [4.78, 5) is 0. The van der Waals surface area contributed by atoms with Crippen LogP contribution in [0.1, 0.15) is 33.6 Å². The SMILES string of the molecule is CC1(CNC2CC2(C)C)CCNC1. The van der Waals surface area contributed by atoms with Gasteiger partial charge in [0.2, 0.25) is 0 Å². The van der Waals surface area contributed by atoms with Gasteiger partial charge in [-0.05, 0) is 30.2 Å². The van der Waals surface area contributed by atoms with Gasteiger partial charge in [0.05, 0.1) is 0 Å². The molecule has 0 aromatic carbocycles. The molecule has 0 bridgehead atoms. The molecule has 1 heterocycles. The summed E-state index contributed by atoms with van der Waals surface area (Å²) >= 11 is 0. The average Bonchev–Trinajstić information content (AvgIpc) is 2.43. The van der Waals surface area contributed by atoms with Crippen LogP contribution in [0.4, 0.5) is 0 Å². The monoisotopic (exact) mass is 182 g/mol. The standard InChI is InChI=1S/C11H22N2/c1-10(2)6-9(10)13-8-11(3)4-5-12-7-11/h9,12-13H,4-8H2,1-3H3. The maximum Gasteiger partial charge on any atom is 0.0125 e. The Morgan fingerprint density at radius 2 is 2.08 bits per heavy atom. The molecule has 0 aromatic heterocycles. The predicted octanol–water partition coefficient (Wildman–Crippen LogP) is 1.37. The lowest BCUT2D eigenvalue weighted by molar-refractivity contribution is 0.330. The van der Waals surface area contributed by atoms with Crippen molar-refractivity contribution in [3.05, 3.63) is 0 Å². The zero-order valence-corrected chi connectivity index (χ0v) is 9.11. The summed E-state index contributed by atoms with van der Waals surface area (Å²) in [6.07, 6.45) is 2.68. The molecule has 2 fully saturated rings. The minimum absolute atomic E-state index is 0.513. The first-order valence-electron chi connectivity index (χ1n) is 5.46. The third-order valence-corrected chi connectivity index (χ3v) is 3.75. The van der Waals surface area contributed by atoms with Crippen LogP contribution in [0.3, 0.4) is 0 Å². The highest BCUT2D eigenvalue weighted by molar-refractivity contribution is 5.02. The van der Waals surface area contributed by atoms with Gasteiger partial charge in [-0.15, -0.1) is 0 Å². The molecule has 0 amide bonds. The molecule has 2 aliphatic rings. The first-order valence-corrected chi connectivity index (χ1v) is 5.46. The summed E-state index contributed by atoms with van der Waals surface area (Å²) in [5, 5.41) is 7.13. The molecule has 13 heavy (non-hydrogen) atoms. The van der Waals surface area contributed by atoms with Crippen molar-refractivity contribution >= 4 is 0 Å². The Bertz CT molecular complexity index is 192. The van der Waals surface area contributed by atoms with Crippen molar-refractivity contribution in [2.45, 2.75) is 39.7 Å². The van der Waals surface area contributed by atoms with Gasteiger partial charge in [0.15, 0.2) is 0 Å². The van der Waals surface area contributed by atoms with Crippen LogP contribution < -0.4 is 10.6 Å². The Labute approximate surface area is 81.5 Å². The van der Waals surface area contributed by atoms with Gasteiger partial charge in [-0.1, -0.05) is 20.8 Å². The topological polar surface area (TPSA) is 24.1 Å². The van der Waals surface area contributed by atoms with E-state index in [1.165, 1.54) is 32.5 Å². The molecule has 1 aliphatic heterocycles. The van der Waals surface area contributed by atoms with Crippen molar-refractivity contribution < 1.29 is 0 Å². The molecule has 1 aliphatic carbocycles. The van der Waals surface area contributed by atoms with Crippen LogP contribution in [0.5, 0.6) is 0 Å². The maximum atomic E-state index is 3.69. The van der Waals surface area contributed by atoms with Crippen molar-refractivity contribution in [1.29, 1.82) is 0 Å². The number of rotatable bonds is 3. The van der Waals surface area contributed by atoms with Crippen LogP contribution in [0.2, 0.25) is 0 Å². The predicted molar refractivity (Wildman–Crippen MR) is 55.8 cm³/mol. The highest BCUT2D eigenvalue weighted by atomic mass is 15.0. The van der Waals surface area contributed by atoms with Crippen molar-refractivity contribution in [2.24, 2.45) is 10.8 Å². The first kappa shape index (κ1) is 9.47. The minimum Gasteiger partial charge on any atom is -0.316 e. The summed E-state index contributed by atoms with van der Waals surface area (Å²) in [5.74, 6) is 0. The van der Waals surface area contributed by atoms with E-state index in [0.717, 1.165) is 6.04 Å². The maximum absolute atomic E-state index is 3.69. The minimum atomic E-state index is 0.513.